The van der Waals surface area contributed by atoms with Gasteiger partial charge in [0.1, 0.15) is 0 Å². The van der Waals surface area contributed by atoms with E-state index in [1.54, 1.807) is 17.5 Å². The lowest BCUT2D eigenvalue weighted by Gasteiger charge is -2.03. The lowest BCUT2D eigenvalue weighted by atomic mass is 10.3. The van der Waals surface area contributed by atoms with E-state index in [4.69, 9.17) is 4.52 Å². The first kappa shape index (κ1) is 16.7. The summed E-state index contributed by atoms with van der Waals surface area (Å²) < 4.78 is 5.18. The van der Waals surface area contributed by atoms with Gasteiger partial charge >= 0.3 is 0 Å². The molecule has 0 unspecified atom stereocenters. The third kappa shape index (κ3) is 4.42. The van der Waals surface area contributed by atoms with Gasteiger partial charge in [0.25, 0.3) is 5.89 Å². The molecule has 0 aliphatic carbocycles. The number of rotatable bonds is 7. The third-order valence-electron chi connectivity index (χ3n) is 3.16. The number of hydrogen-bond acceptors (Lipinski definition) is 7. The van der Waals surface area contributed by atoms with Crippen LogP contribution in [-0.2, 0) is 17.8 Å². The maximum absolute atomic E-state index is 11.8. The molecular formula is C16H16N4O2S2. The summed E-state index contributed by atoms with van der Waals surface area (Å²) in [6, 6.07) is 7.69. The smallest absolute Gasteiger partial charge is 0.259 e. The average Bonchev–Trinajstić information content (AvgIpc) is 3.30. The Morgan fingerprint density at radius 2 is 2.29 bits per heavy atom. The largest absolute Gasteiger partial charge is 0.350 e. The topological polar surface area (TPSA) is 80.9 Å². The quantitative estimate of drug-likeness (QED) is 0.652. The molecule has 0 saturated heterocycles. The predicted octanol–water partition coefficient (Wildman–Crippen LogP) is 3.16. The fourth-order valence-electron chi connectivity index (χ4n) is 1.90. The zero-order valence-corrected chi connectivity index (χ0v) is 14.7. The normalized spacial score (nSPS) is 10.7. The van der Waals surface area contributed by atoms with Gasteiger partial charge in [0.15, 0.2) is 5.82 Å². The number of pyridine rings is 1. The van der Waals surface area contributed by atoms with Crippen LogP contribution in [0.25, 0.3) is 11.5 Å². The van der Waals surface area contributed by atoms with Crippen molar-refractivity contribution in [1.29, 1.82) is 0 Å². The van der Waals surface area contributed by atoms with Gasteiger partial charge in [-0.05, 0) is 23.6 Å². The van der Waals surface area contributed by atoms with E-state index in [0.29, 0.717) is 24.0 Å². The van der Waals surface area contributed by atoms with Crippen LogP contribution in [0.1, 0.15) is 17.6 Å². The Hall–Kier alpha value is -2.19. The Morgan fingerprint density at radius 3 is 2.96 bits per heavy atom. The van der Waals surface area contributed by atoms with E-state index in [2.05, 4.69) is 20.4 Å². The van der Waals surface area contributed by atoms with Gasteiger partial charge in [-0.25, -0.2) is 4.98 Å². The molecule has 24 heavy (non-hydrogen) atoms. The van der Waals surface area contributed by atoms with Crippen LogP contribution in [0.3, 0.4) is 0 Å². The summed E-state index contributed by atoms with van der Waals surface area (Å²) in [7, 11) is 0. The molecule has 3 aromatic heterocycles. The molecule has 1 N–H and O–H groups in total. The van der Waals surface area contributed by atoms with Gasteiger partial charge in [0.05, 0.1) is 22.9 Å². The van der Waals surface area contributed by atoms with Crippen LogP contribution >= 0.6 is 23.1 Å². The summed E-state index contributed by atoms with van der Waals surface area (Å²) in [5.41, 5.74) is 0.772. The van der Waals surface area contributed by atoms with Crippen molar-refractivity contribution >= 4 is 29.0 Å². The van der Waals surface area contributed by atoms with E-state index in [1.807, 2.05) is 36.6 Å². The van der Waals surface area contributed by atoms with E-state index >= 15 is 0 Å². The van der Waals surface area contributed by atoms with Crippen LogP contribution in [0.2, 0.25) is 0 Å². The molecule has 124 valence electrons. The number of thioether (sulfide) groups is 1. The number of aromatic nitrogens is 3. The Kier molecular flexibility index (Phi) is 5.60. The highest BCUT2D eigenvalue weighted by atomic mass is 32.2. The molecule has 0 radical (unpaired) electrons. The molecule has 1 amide bonds. The molecule has 0 spiro atoms. The molecule has 0 bridgehead atoms. The zero-order valence-electron chi connectivity index (χ0n) is 13.1. The second-order valence-corrected chi connectivity index (χ2v) is 6.93. The minimum absolute atomic E-state index is 0.0104. The first-order valence-corrected chi connectivity index (χ1v) is 9.32. The van der Waals surface area contributed by atoms with Crippen molar-refractivity contribution in [2.45, 2.75) is 24.9 Å². The molecule has 0 fully saturated rings. The summed E-state index contributed by atoms with van der Waals surface area (Å²) in [6.07, 6.45) is 2.41. The highest BCUT2D eigenvalue weighted by molar-refractivity contribution is 7.99. The molecule has 3 aromatic rings. The highest BCUT2D eigenvalue weighted by Crippen LogP contribution is 2.20. The van der Waals surface area contributed by atoms with Crippen LogP contribution in [0.15, 0.2) is 45.4 Å². The van der Waals surface area contributed by atoms with E-state index < -0.39 is 0 Å². The van der Waals surface area contributed by atoms with Crippen molar-refractivity contribution in [2.24, 2.45) is 0 Å². The van der Waals surface area contributed by atoms with Crippen molar-refractivity contribution in [3.8, 4) is 11.5 Å². The molecule has 0 aromatic carbocycles. The summed E-state index contributed by atoms with van der Waals surface area (Å²) in [5.74, 6) is 1.46. The third-order valence-corrected chi connectivity index (χ3v) is 4.98. The zero-order chi connectivity index (χ0) is 16.8. The Balaban J connectivity index is 1.49. The van der Waals surface area contributed by atoms with Gasteiger partial charge in [-0.15, -0.1) is 11.3 Å². The molecule has 0 saturated carbocycles. The van der Waals surface area contributed by atoms with Crippen LogP contribution in [-0.4, -0.2) is 26.8 Å². The van der Waals surface area contributed by atoms with E-state index in [1.165, 1.54) is 11.8 Å². The summed E-state index contributed by atoms with van der Waals surface area (Å²) in [6.45, 7) is 2.54. The second kappa shape index (κ2) is 8.07. The molecule has 3 rings (SSSR count). The van der Waals surface area contributed by atoms with Gasteiger partial charge in [0, 0.05) is 17.5 Å². The lowest BCUT2D eigenvalue weighted by Crippen LogP contribution is -2.24. The summed E-state index contributed by atoms with van der Waals surface area (Å²) >= 11 is 3.02. The maximum atomic E-state index is 11.8. The minimum Gasteiger partial charge on any atom is -0.350 e. The monoisotopic (exact) mass is 360 g/mol. The number of carbonyl (C=O) groups excluding carboxylic acids is 1. The Labute approximate surface area is 147 Å². The molecular weight excluding hydrogens is 344 g/mol. The fourth-order valence-corrected chi connectivity index (χ4v) is 3.21. The SMILES string of the molecule is CCc1noc(-c2ccc(SCC(=O)NCc3cccs3)nc2)n1. The van der Waals surface area contributed by atoms with Gasteiger partial charge in [-0.2, -0.15) is 4.98 Å². The van der Waals surface area contributed by atoms with Crippen molar-refractivity contribution in [3.05, 3.63) is 46.5 Å². The number of hydrogen-bond donors (Lipinski definition) is 1. The van der Waals surface area contributed by atoms with Crippen LogP contribution in [0.5, 0.6) is 0 Å². The number of nitrogens with one attached hydrogen (secondary N) is 1. The number of carbonyl (C=O) groups is 1. The van der Waals surface area contributed by atoms with Crippen molar-refractivity contribution < 1.29 is 9.32 Å². The van der Waals surface area contributed by atoms with Crippen molar-refractivity contribution in [2.75, 3.05) is 5.75 Å². The van der Waals surface area contributed by atoms with Gasteiger partial charge in [-0.3, -0.25) is 4.79 Å². The lowest BCUT2D eigenvalue weighted by molar-refractivity contribution is -0.118. The molecule has 3 heterocycles. The first-order valence-electron chi connectivity index (χ1n) is 7.45. The number of aryl methyl sites for hydroxylation is 1. The van der Waals surface area contributed by atoms with Crippen LogP contribution < -0.4 is 5.32 Å². The van der Waals surface area contributed by atoms with Gasteiger partial charge < -0.3 is 9.84 Å². The summed E-state index contributed by atoms with van der Waals surface area (Å²) in [5, 5.41) is 9.53. The molecule has 0 aliphatic heterocycles. The van der Waals surface area contributed by atoms with Crippen LogP contribution in [0, 0.1) is 0 Å². The number of nitrogens with zero attached hydrogens (tertiary/aromatic N) is 3. The molecule has 0 aliphatic rings. The first-order chi connectivity index (χ1) is 11.7. The van der Waals surface area contributed by atoms with E-state index in [9.17, 15) is 4.79 Å². The molecule has 8 heteroatoms. The highest BCUT2D eigenvalue weighted by Gasteiger charge is 2.09. The number of amides is 1. The fraction of sp³-hybridized carbons (Fsp3) is 0.250. The van der Waals surface area contributed by atoms with Crippen molar-refractivity contribution in [1.82, 2.24) is 20.4 Å². The van der Waals surface area contributed by atoms with Crippen LogP contribution in [0.4, 0.5) is 0 Å². The summed E-state index contributed by atoms with van der Waals surface area (Å²) in [4.78, 5) is 21.6. The van der Waals surface area contributed by atoms with Gasteiger partial charge in [0.2, 0.25) is 5.91 Å². The number of thiophene rings is 1. The predicted molar refractivity (Wildman–Crippen MR) is 93.8 cm³/mol. The van der Waals surface area contributed by atoms with Gasteiger partial charge in [-0.1, -0.05) is 29.9 Å². The Morgan fingerprint density at radius 1 is 1.38 bits per heavy atom. The average molecular weight is 360 g/mol. The van der Waals surface area contributed by atoms with E-state index in [0.717, 1.165) is 21.9 Å². The second-order valence-electron chi connectivity index (χ2n) is 4.90. The van der Waals surface area contributed by atoms with Crippen molar-refractivity contribution in [3.63, 3.8) is 0 Å². The standard InChI is InChI=1S/C16H16N4O2S2/c1-2-13-19-16(22-20-13)11-5-6-15(18-8-11)24-10-14(21)17-9-12-4-3-7-23-12/h3-8H,2,9-10H2,1H3,(H,17,21). The molecule has 0 atom stereocenters. The maximum Gasteiger partial charge on any atom is 0.259 e. The minimum atomic E-state index is -0.0104. The van der Waals surface area contributed by atoms with E-state index in [-0.39, 0.29) is 5.91 Å². The Bertz CT molecular complexity index is 785. The molecule has 6 nitrogen and oxygen atoms in total.